The summed E-state index contributed by atoms with van der Waals surface area (Å²) in [6.45, 7) is 13.6. The number of hydroxylamine groups is 2. The third-order valence-electron chi connectivity index (χ3n) is 7.98. The summed E-state index contributed by atoms with van der Waals surface area (Å²) in [5, 5.41) is 27.9. The van der Waals surface area contributed by atoms with Crippen LogP contribution in [0.3, 0.4) is 0 Å². The van der Waals surface area contributed by atoms with Crippen molar-refractivity contribution >= 4 is 11.8 Å². The molecule has 33 heavy (non-hydrogen) atoms. The van der Waals surface area contributed by atoms with Crippen molar-refractivity contribution in [2.45, 2.75) is 97.3 Å². The number of hydrogen-bond acceptors (Lipinski definition) is 5. The number of aromatic hydroxyl groups is 1. The summed E-state index contributed by atoms with van der Waals surface area (Å²) in [5.74, 6) is 0.175. The maximum Gasteiger partial charge on any atom is 0.223 e. The molecule has 1 aromatic carbocycles. The highest BCUT2D eigenvalue weighted by atomic mass is 16.5. The first-order chi connectivity index (χ1) is 15.2. The van der Waals surface area contributed by atoms with Crippen LogP contribution in [-0.4, -0.2) is 50.4 Å². The van der Waals surface area contributed by atoms with Crippen molar-refractivity contribution in [1.82, 2.24) is 15.7 Å². The highest BCUT2D eigenvalue weighted by Crippen LogP contribution is 2.59. The Morgan fingerprint density at radius 3 is 2.12 bits per heavy atom. The number of benzene rings is 1. The van der Waals surface area contributed by atoms with E-state index in [1.165, 1.54) is 12.0 Å². The summed E-state index contributed by atoms with van der Waals surface area (Å²) >= 11 is 0. The molecule has 7 nitrogen and oxygen atoms in total. The molecule has 1 aromatic rings. The normalized spacial score (nSPS) is 28.5. The number of nitrogens with one attached hydrogen (secondary N) is 2. The molecule has 184 valence electrons. The molecule has 4 N–H and O–H groups in total. The summed E-state index contributed by atoms with van der Waals surface area (Å²) in [4.78, 5) is 25.2. The van der Waals surface area contributed by atoms with Gasteiger partial charge in [0.1, 0.15) is 5.75 Å². The lowest BCUT2D eigenvalue weighted by atomic mass is 9.78. The minimum absolute atomic E-state index is 0.00251. The minimum Gasteiger partial charge on any atom is -0.508 e. The molecule has 1 saturated heterocycles. The first-order valence-corrected chi connectivity index (χ1v) is 12.0. The monoisotopic (exact) mass is 459 g/mol. The zero-order chi connectivity index (χ0) is 24.8. The second-order valence-corrected chi connectivity index (χ2v) is 11.8. The van der Waals surface area contributed by atoms with E-state index in [0.29, 0.717) is 19.3 Å². The highest BCUT2D eigenvalue weighted by Gasteiger charge is 2.59. The van der Waals surface area contributed by atoms with Crippen LogP contribution in [0.15, 0.2) is 24.3 Å². The van der Waals surface area contributed by atoms with E-state index in [1.807, 2.05) is 46.8 Å². The second kappa shape index (κ2) is 8.91. The van der Waals surface area contributed by atoms with Gasteiger partial charge in [0.05, 0.1) is 0 Å². The molecule has 4 atom stereocenters. The number of nitrogens with zero attached hydrogens (tertiary/aromatic N) is 1. The number of carbonyl (C=O) groups excluding carboxylic acids is 2. The van der Waals surface area contributed by atoms with Crippen molar-refractivity contribution in [2.75, 3.05) is 0 Å². The van der Waals surface area contributed by atoms with Crippen molar-refractivity contribution in [3.63, 3.8) is 0 Å². The van der Waals surface area contributed by atoms with E-state index in [9.17, 15) is 19.9 Å². The predicted octanol–water partition coefficient (Wildman–Crippen LogP) is 3.63. The van der Waals surface area contributed by atoms with Gasteiger partial charge in [0.2, 0.25) is 11.8 Å². The third kappa shape index (κ3) is 5.52. The summed E-state index contributed by atoms with van der Waals surface area (Å²) in [7, 11) is 0. The number of piperidine rings is 1. The standard InChI is InChI=1S/C26H41N3O4/c1-16(23(32)28-19-13-24(3,4)29(33)25(5,6)14-19)26(7)15-21(26)22(27-17(2)30)12-18-8-10-20(31)11-9-18/h8-11,16,19,21-22,31,33H,12-15H2,1-7H3,(H,27,30)(H,28,32)/t16-,21+,22+,26+/m1/s1. The molecule has 1 aliphatic heterocycles. The molecular formula is C26H41N3O4. The molecule has 0 unspecified atom stereocenters. The Morgan fingerprint density at radius 1 is 1.06 bits per heavy atom. The average molecular weight is 460 g/mol. The maximum absolute atomic E-state index is 13.3. The smallest absolute Gasteiger partial charge is 0.223 e. The molecule has 0 bridgehead atoms. The SMILES string of the molecule is CC(=O)N[C@@H](Cc1ccc(O)cc1)[C@@H]1C[C@@]1(C)[C@H](C)C(=O)NC1CC(C)(C)N(O)C(C)(C)C1. The van der Waals surface area contributed by atoms with E-state index in [1.54, 1.807) is 12.1 Å². The topological polar surface area (TPSA) is 102 Å². The van der Waals surface area contributed by atoms with E-state index >= 15 is 0 Å². The second-order valence-electron chi connectivity index (χ2n) is 11.8. The van der Waals surface area contributed by atoms with Gasteiger partial charge in [-0.2, -0.15) is 5.06 Å². The molecular weight excluding hydrogens is 418 g/mol. The molecule has 7 heteroatoms. The first kappa shape index (κ1) is 25.5. The van der Waals surface area contributed by atoms with Crippen molar-refractivity contribution in [3.8, 4) is 5.75 Å². The Morgan fingerprint density at radius 2 is 1.61 bits per heavy atom. The molecule has 0 radical (unpaired) electrons. The van der Waals surface area contributed by atoms with Crippen LogP contribution in [-0.2, 0) is 16.0 Å². The summed E-state index contributed by atoms with van der Waals surface area (Å²) in [6.07, 6.45) is 2.89. The van der Waals surface area contributed by atoms with Crippen LogP contribution in [0.25, 0.3) is 0 Å². The number of rotatable bonds is 7. The fourth-order valence-corrected chi connectivity index (χ4v) is 5.95. The van der Waals surface area contributed by atoms with Crippen LogP contribution in [0.4, 0.5) is 0 Å². The number of amides is 2. The van der Waals surface area contributed by atoms with Crippen LogP contribution in [0, 0.1) is 17.3 Å². The van der Waals surface area contributed by atoms with Gasteiger partial charge in [-0.15, -0.1) is 0 Å². The van der Waals surface area contributed by atoms with Crippen LogP contribution in [0.2, 0.25) is 0 Å². The zero-order valence-corrected chi connectivity index (χ0v) is 21.1. The van der Waals surface area contributed by atoms with E-state index in [2.05, 4.69) is 17.6 Å². The maximum atomic E-state index is 13.3. The molecule has 1 saturated carbocycles. The van der Waals surface area contributed by atoms with Gasteiger partial charge >= 0.3 is 0 Å². The van der Waals surface area contributed by atoms with Crippen LogP contribution >= 0.6 is 0 Å². The molecule has 1 heterocycles. The fourth-order valence-electron chi connectivity index (χ4n) is 5.95. The van der Waals surface area contributed by atoms with Gasteiger partial charge in [-0.3, -0.25) is 9.59 Å². The summed E-state index contributed by atoms with van der Waals surface area (Å²) in [6, 6.07) is 6.99. The van der Waals surface area contributed by atoms with Gasteiger partial charge in [0, 0.05) is 36.0 Å². The van der Waals surface area contributed by atoms with Gasteiger partial charge in [-0.25, -0.2) is 0 Å². The average Bonchev–Trinajstić information content (AvgIpc) is 3.38. The summed E-state index contributed by atoms with van der Waals surface area (Å²) < 4.78 is 0. The third-order valence-corrected chi connectivity index (χ3v) is 7.98. The van der Waals surface area contributed by atoms with Crippen molar-refractivity contribution in [3.05, 3.63) is 29.8 Å². The number of hydrogen-bond donors (Lipinski definition) is 4. The Hall–Kier alpha value is -2.12. The van der Waals surface area contributed by atoms with Gasteiger partial charge < -0.3 is 20.9 Å². The number of phenols is 1. The van der Waals surface area contributed by atoms with Gasteiger partial charge in [0.15, 0.2) is 0 Å². The van der Waals surface area contributed by atoms with Crippen LogP contribution in [0.1, 0.15) is 73.3 Å². The van der Waals surface area contributed by atoms with E-state index in [-0.39, 0.29) is 46.9 Å². The Balaban J connectivity index is 1.67. The van der Waals surface area contributed by atoms with Crippen molar-refractivity contribution in [1.29, 1.82) is 0 Å². The van der Waals surface area contributed by atoms with Gasteiger partial charge in [-0.05, 0) is 82.4 Å². The molecule has 2 amide bonds. The lowest BCUT2D eigenvalue weighted by molar-refractivity contribution is -0.246. The molecule has 2 aliphatic rings. The fraction of sp³-hybridized carbons (Fsp3) is 0.692. The first-order valence-electron chi connectivity index (χ1n) is 12.0. The van der Waals surface area contributed by atoms with E-state index < -0.39 is 11.1 Å². The Labute approximate surface area is 197 Å². The Bertz CT molecular complexity index is 864. The summed E-state index contributed by atoms with van der Waals surface area (Å²) in [5.41, 5.74) is 0.000236. The molecule has 3 rings (SSSR count). The highest BCUT2D eigenvalue weighted by molar-refractivity contribution is 5.80. The van der Waals surface area contributed by atoms with E-state index in [0.717, 1.165) is 12.0 Å². The molecule has 0 spiro atoms. The van der Waals surface area contributed by atoms with E-state index in [4.69, 9.17) is 0 Å². The van der Waals surface area contributed by atoms with Crippen LogP contribution in [0.5, 0.6) is 5.75 Å². The lowest BCUT2D eigenvalue weighted by Crippen LogP contribution is -2.63. The zero-order valence-electron chi connectivity index (χ0n) is 21.1. The van der Waals surface area contributed by atoms with Crippen LogP contribution < -0.4 is 10.6 Å². The number of phenolic OH excluding ortho intramolecular Hbond substituents is 1. The Kier molecular flexibility index (Phi) is 6.89. The molecule has 1 aliphatic carbocycles. The molecule has 2 fully saturated rings. The lowest BCUT2D eigenvalue weighted by Gasteiger charge is -2.51. The van der Waals surface area contributed by atoms with Crippen molar-refractivity contribution in [2.24, 2.45) is 17.3 Å². The quantitative estimate of drug-likeness (QED) is 0.499. The minimum atomic E-state index is -0.421. The largest absolute Gasteiger partial charge is 0.508 e. The van der Waals surface area contributed by atoms with Crippen molar-refractivity contribution < 1.29 is 19.9 Å². The predicted molar refractivity (Wildman–Crippen MR) is 128 cm³/mol. The van der Waals surface area contributed by atoms with Gasteiger partial charge in [-0.1, -0.05) is 26.0 Å². The molecule has 0 aromatic heterocycles. The van der Waals surface area contributed by atoms with Gasteiger partial charge in [0.25, 0.3) is 0 Å². The number of carbonyl (C=O) groups is 2.